The molecule has 0 saturated heterocycles. The predicted octanol–water partition coefficient (Wildman–Crippen LogP) is 5.73. The molecule has 2 N–H and O–H groups in total. The summed E-state index contributed by atoms with van der Waals surface area (Å²) >= 11 is 10.9. The van der Waals surface area contributed by atoms with Crippen molar-refractivity contribution in [3.63, 3.8) is 0 Å². The Morgan fingerprint density at radius 3 is 2.78 bits per heavy atom. The topological polar surface area (TPSA) is 74.4 Å². The molecule has 27 heavy (non-hydrogen) atoms. The smallest absolute Gasteiger partial charge is 0.351 e. The standard InChI is InChI=1S/C19H16BrClN2O3S/c1-10(12-5-3-4-6-14(12)21)26-15-8-16(27-17(15)19(24)25-2)13-7-11(20)9-23-18(13)22/h3-10H,1-2H3,(H2,22,23). The van der Waals surface area contributed by atoms with E-state index in [2.05, 4.69) is 20.9 Å². The van der Waals surface area contributed by atoms with Gasteiger partial charge in [0.05, 0.1) is 7.11 Å². The monoisotopic (exact) mass is 466 g/mol. The van der Waals surface area contributed by atoms with Crippen molar-refractivity contribution in [2.45, 2.75) is 13.0 Å². The highest BCUT2D eigenvalue weighted by Gasteiger charge is 2.23. The van der Waals surface area contributed by atoms with Crippen LogP contribution in [0.1, 0.15) is 28.3 Å². The molecular weight excluding hydrogens is 452 g/mol. The summed E-state index contributed by atoms with van der Waals surface area (Å²) in [6.07, 6.45) is 1.26. The Morgan fingerprint density at radius 2 is 2.07 bits per heavy atom. The molecule has 0 spiro atoms. The van der Waals surface area contributed by atoms with Crippen LogP contribution in [0, 0.1) is 0 Å². The van der Waals surface area contributed by atoms with Gasteiger partial charge in [0.15, 0.2) is 4.88 Å². The van der Waals surface area contributed by atoms with Crippen molar-refractivity contribution in [1.82, 2.24) is 4.98 Å². The van der Waals surface area contributed by atoms with Gasteiger partial charge in [-0.25, -0.2) is 9.78 Å². The first-order chi connectivity index (χ1) is 12.9. The number of benzene rings is 1. The Hall–Kier alpha value is -2.09. The van der Waals surface area contributed by atoms with Crippen molar-refractivity contribution in [2.75, 3.05) is 12.8 Å². The second-order valence-electron chi connectivity index (χ2n) is 5.66. The van der Waals surface area contributed by atoms with Crippen LogP contribution in [0.3, 0.4) is 0 Å². The average Bonchev–Trinajstić information content (AvgIpc) is 3.06. The van der Waals surface area contributed by atoms with Crippen molar-refractivity contribution in [1.29, 1.82) is 0 Å². The summed E-state index contributed by atoms with van der Waals surface area (Å²) in [5.41, 5.74) is 7.54. The highest BCUT2D eigenvalue weighted by Crippen LogP contribution is 2.41. The van der Waals surface area contributed by atoms with Gasteiger partial charge in [-0.3, -0.25) is 0 Å². The number of methoxy groups -OCH3 is 1. The molecule has 0 aliphatic carbocycles. The first-order valence-corrected chi connectivity index (χ1v) is 9.94. The zero-order chi connectivity index (χ0) is 19.6. The van der Waals surface area contributed by atoms with E-state index in [0.717, 1.165) is 14.9 Å². The largest absolute Gasteiger partial charge is 0.484 e. The van der Waals surface area contributed by atoms with Crippen molar-refractivity contribution < 1.29 is 14.3 Å². The summed E-state index contributed by atoms with van der Waals surface area (Å²) in [5.74, 6) is 0.296. The van der Waals surface area contributed by atoms with Crippen molar-refractivity contribution >= 4 is 50.7 Å². The van der Waals surface area contributed by atoms with E-state index in [1.54, 1.807) is 18.3 Å². The maximum absolute atomic E-state index is 12.2. The second kappa shape index (κ2) is 8.29. The predicted molar refractivity (Wildman–Crippen MR) is 111 cm³/mol. The van der Waals surface area contributed by atoms with Crippen LogP contribution < -0.4 is 10.5 Å². The average molecular weight is 468 g/mol. The number of rotatable bonds is 5. The van der Waals surface area contributed by atoms with Crippen LogP contribution in [0.5, 0.6) is 5.75 Å². The van der Waals surface area contributed by atoms with Gasteiger partial charge in [-0.2, -0.15) is 0 Å². The van der Waals surface area contributed by atoms with E-state index in [9.17, 15) is 4.79 Å². The number of hydrogen-bond acceptors (Lipinski definition) is 6. The van der Waals surface area contributed by atoms with E-state index in [-0.39, 0.29) is 6.10 Å². The molecule has 2 aromatic heterocycles. The number of halogens is 2. The first-order valence-electron chi connectivity index (χ1n) is 7.95. The minimum Gasteiger partial charge on any atom is -0.484 e. The van der Waals surface area contributed by atoms with Crippen LogP contribution in [0.15, 0.2) is 47.1 Å². The molecule has 0 aliphatic rings. The van der Waals surface area contributed by atoms with Crippen LogP contribution in [-0.2, 0) is 4.74 Å². The number of hydrogen-bond donors (Lipinski definition) is 1. The summed E-state index contributed by atoms with van der Waals surface area (Å²) in [7, 11) is 1.33. The first kappa shape index (κ1) is 19.7. The van der Waals surface area contributed by atoms with E-state index in [1.165, 1.54) is 18.4 Å². The zero-order valence-electron chi connectivity index (χ0n) is 14.5. The van der Waals surface area contributed by atoms with Gasteiger partial charge in [0.25, 0.3) is 0 Å². The van der Waals surface area contributed by atoms with Gasteiger partial charge in [-0.15, -0.1) is 11.3 Å². The Balaban J connectivity index is 2.01. The van der Waals surface area contributed by atoms with E-state index in [0.29, 0.717) is 27.0 Å². The minimum absolute atomic E-state index is 0.353. The quantitative estimate of drug-likeness (QED) is 0.485. The number of nitrogen functional groups attached to an aromatic ring is 1. The van der Waals surface area contributed by atoms with E-state index in [1.807, 2.05) is 31.2 Å². The Bertz CT molecular complexity index is 993. The number of nitrogens with zero attached hydrogens (tertiary/aromatic N) is 1. The fourth-order valence-corrected chi connectivity index (χ4v) is 4.19. The summed E-state index contributed by atoms with van der Waals surface area (Å²) in [4.78, 5) is 17.5. The lowest BCUT2D eigenvalue weighted by molar-refractivity contribution is 0.0600. The summed E-state index contributed by atoms with van der Waals surface area (Å²) in [5, 5.41) is 0.598. The van der Waals surface area contributed by atoms with Gasteiger partial charge in [0.1, 0.15) is 17.7 Å². The molecule has 2 heterocycles. The molecule has 0 bridgehead atoms. The van der Waals surface area contributed by atoms with E-state index >= 15 is 0 Å². The van der Waals surface area contributed by atoms with Gasteiger partial charge in [0, 0.05) is 31.7 Å². The van der Waals surface area contributed by atoms with Gasteiger partial charge >= 0.3 is 5.97 Å². The Morgan fingerprint density at radius 1 is 1.33 bits per heavy atom. The number of aromatic nitrogens is 1. The van der Waals surface area contributed by atoms with Gasteiger partial charge in [-0.05, 0) is 41.1 Å². The van der Waals surface area contributed by atoms with Crippen LogP contribution in [0.4, 0.5) is 5.82 Å². The number of ether oxygens (including phenoxy) is 2. The van der Waals surface area contributed by atoms with Crippen molar-refractivity contribution in [3.8, 4) is 16.2 Å². The zero-order valence-corrected chi connectivity index (χ0v) is 17.7. The summed E-state index contributed by atoms with van der Waals surface area (Å²) < 4.78 is 11.7. The maximum atomic E-state index is 12.2. The van der Waals surface area contributed by atoms with E-state index in [4.69, 9.17) is 26.8 Å². The molecule has 1 aromatic carbocycles. The van der Waals surface area contributed by atoms with E-state index < -0.39 is 5.97 Å². The molecule has 140 valence electrons. The highest BCUT2D eigenvalue weighted by molar-refractivity contribution is 9.10. The van der Waals surface area contributed by atoms with Gasteiger partial charge < -0.3 is 15.2 Å². The third-order valence-electron chi connectivity index (χ3n) is 3.87. The van der Waals surface area contributed by atoms with Crippen LogP contribution in [0.2, 0.25) is 5.02 Å². The fourth-order valence-electron chi connectivity index (χ4n) is 2.54. The number of carbonyl (C=O) groups excluding carboxylic acids is 1. The summed E-state index contributed by atoms with van der Waals surface area (Å²) in [6, 6.07) is 11.0. The molecule has 5 nitrogen and oxygen atoms in total. The molecule has 0 aliphatic heterocycles. The number of thiophene rings is 1. The molecule has 8 heteroatoms. The Kier molecular flexibility index (Phi) is 6.04. The molecule has 0 fully saturated rings. The normalized spacial score (nSPS) is 11.9. The molecule has 0 amide bonds. The SMILES string of the molecule is COC(=O)c1sc(-c2cc(Br)cnc2N)cc1OC(C)c1ccccc1Cl. The van der Waals surface area contributed by atoms with Crippen LogP contribution in [0.25, 0.3) is 10.4 Å². The lowest BCUT2D eigenvalue weighted by Gasteiger charge is -2.16. The lowest BCUT2D eigenvalue weighted by atomic mass is 10.1. The van der Waals surface area contributed by atoms with Crippen molar-refractivity contribution in [3.05, 3.63) is 62.5 Å². The number of esters is 1. The van der Waals surface area contributed by atoms with Crippen molar-refractivity contribution in [2.24, 2.45) is 0 Å². The van der Waals surface area contributed by atoms with Gasteiger partial charge in [-0.1, -0.05) is 29.8 Å². The number of pyridine rings is 1. The second-order valence-corrected chi connectivity index (χ2v) is 8.04. The minimum atomic E-state index is -0.478. The number of carbonyl (C=O) groups is 1. The van der Waals surface area contributed by atoms with Crippen LogP contribution >= 0.6 is 38.9 Å². The third kappa shape index (κ3) is 4.26. The molecule has 0 radical (unpaired) electrons. The Labute approximate surface area is 174 Å². The molecular formula is C19H16BrClN2O3S. The molecule has 1 unspecified atom stereocenters. The van der Waals surface area contributed by atoms with Crippen LogP contribution in [-0.4, -0.2) is 18.1 Å². The summed E-state index contributed by atoms with van der Waals surface area (Å²) in [6.45, 7) is 1.87. The highest BCUT2D eigenvalue weighted by atomic mass is 79.9. The van der Waals surface area contributed by atoms with Gasteiger partial charge in [0.2, 0.25) is 0 Å². The maximum Gasteiger partial charge on any atom is 0.351 e. The molecule has 1 atom stereocenters. The molecule has 3 aromatic rings. The lowest BCUT2D eigenvalue weighted by Crippen LogP contribution is -2.07. The third-order valence-corrected chi connectivity index (χ3v) is 5.77. The fraction of sp³-hybridized carbons (Fsp3) is 0.158. The number of anilines is 1. The molecule has 3 rings (SSSR count). The number of nitrogens with two attached hydrogens (primary N) is 1. The molecule has 0 saturated carbocycles.